The average Bonchev–Trinajstić information content (AvgIpc) is 3.19. The molecule has 0 amide bonds. The third kappa shape index (κ3) is 6.30. The molecule has 0 atom stereocenters. The molecule has 268 valence electrons. The Morgan fingerprint density at radius 3 is 1.43 bits per heavy atom. The molecule has 0 saturated carbocycles. The Hall–Kier alpha value is -5.62. The molecule has 0 spiro atoms. The van der Waals surface area contributed by atoms with Crippen molar-refractivity contribution in [3.63, 3.8) is 0 Å². The van der Waals surface area contributed by atoms with Gasteiger partial charge in [-0.1, -0.05) is 54.1 Å². The number of hydrogen-bond donors (Lipinski definition) is 0. The molecular formula is C47H47N3O3. The molecule has 0 fully saturated rings. The average molecular weight is 702 g/mol. The molecule has 0 radical (unpaired) electrons. The van der Waals surface area contributed by atoms with E-state index in [1.165, 1.54) is 67.2 Å². The van der Waals surface area contributed by atoms with Gasteiger partial charge >= 0.3 is 0 Å². The van der Waals surface area contributed by atoms with Gasteiger partial charge in [0.2, 0.25) is 0 Å². The van der Waals surface area contributed by atoms with Crippen molar-refractivity contribution in [1.82, 2.24) is 4.90 Å². The number of benzene rings is 5. The van der Waals surface area contributed by atoms with Crippen LogP contribution in [-0.2, 0) is 25.0 Å². The summed E-state index contributed by atoms with van der Waals surface area (Å²) in [5.41, 5.74) is 14.3. The van der Waals surface area contributed by atoms with Gasteiger partial charge in [0.25, 0.3) is 0 Å². The molecule has 0 N–H and O–H groups in total. The van der Waals surface area contributed by atoms with Gasteiger partial charge in [0.15, 0.2) is 20.2 Å². The molecule has 9 rings (SSSR count). The molecule has 53 heavy (non-hydrogen) atoms. The first-order valence-electron chi connectivity index (χ1n) is 18.8. The molecule has 0 bridgehead atoms. The number of ether oxygens (including phenoxy) is 3. The number of rotatable bonds is 6. The normalized spacial score (nSPS) is 16.6. The van der Waals surface area contributed by atoms with Gasteiger partial charge in [0.1, 0.15) is 17.2 Å². The van der Waals surface area contributed by atoms with E-state index < -0.39 is 5.41 Å². The number of allylic oxidation sites excluding steroid dienone is 3. The minimum Gasteiger partial charge on any atom is -0.473 e. The van der Waals surface area contributed by atoms with Crippen molar-refractivity contribution in [1.29, 1.82) is 0 Å². The molecule has 3 aliphatic heterocycles. The summed E-state index contributed by atoms with van der Waals surface area (Å²) in [6, 6.07) is 37.8. The number of aryl methyl sites for hydroxylation is 2. The van der Waals surface area contributed by atoms with E-state index in [1.54, 1.807) is 0 Å². The van der Waals surface area contributed by atoms with Crippen molar-refractivity contribution in [3.8, 4) is 17.2 Å². The molecular weight excluding hydrogens is 655 g/mol. The zero-order chi connectivity index (χ0) is 36.1. The highest BCUT2D eigenvalue weighted by Gasteiger charge is 2.35. The van der Waals surface area contributed by atoms with Crippen LogP contribution in [0.2, 0.25) is 0 Å². The first-order valence-corrected chi connectivity index (χ1v) is 18.8. The molecule has 5 aromatic rings. The first kappa shape index (κ1) is 33.2. The van der Waals surface area contributed by atoms with Crippen LogP contribution in [-0.4, -0.2) is 25.1 Å². The van der Waals surface area contributed by atoms with Gasteiger partial charge in [-0.3, -0.25) is 0 Å². The van der Waals surface area contributed by atoms with Crippen molar-refractivity contribution < 1.29 is 14.2 Å². The number of fused-ring (bicyclic) bond motifs is 3. The molecule has 0 aromatic heterocycles. The van der Waals surface area contributed by atoms with Gasteiger partial charge in [-0.05, 0) is 135 Å². The molecule has 6 nitrogen and oxygen atoms in total. The third-order valence-corrected chi connectivity index (χ3v) is 11.5. The monoisotopic (exact) mass is 701 g/mol. The summed E-state index contributed by atoms with van der Waals surface area (Å²) in [4.78, 5) is 6.99. The Balaban J connectivity index is 1.13. The predicted molar refractivity (Wildman–Crippen MR) is 213 cm³/mol. The largest absolute Gasteiger partial charge is 0.473 e. The number of nitrogens with zero attached hydrogens (tertiary/aromatic N) is 3. The molecule has 6 heteroatoms. The van der Waals surface area contributed by atoms with Crippen LogP contribution in [0.3, 0.4) is 0 Å². The standard InChI is InChI=1S/C47H47N3O3/c1-32-8-5-11-41(20-32)48-26-35-23-38(14-17-44(35)51-29-48)47(4,39-15-18-45-36(24-39)27-49(30-52-45)42-12-6-9-33(2)21-42)40-16-19-46-37(25-40)28-50(31-53-46)43-13-7-10-34(3)22-43/h5-6,8-9,11-25H,7,10,26-31H2,1-4H3. The SMILES string of the molecule is CC1=CC(N2COc3ccc(C(C)(c4ccc5c(c4)CN(c4cccc(C)c4)CO5)c4ccc5c(c4)CN(c4cccc(C)c4)CO5)cc3C2)=CCC1. The van der Waals surface area contributed by atoms with Crippen molar-refractivity contribution in [2.75, 3.05) is 30.0 Å². The van der Waals surface area contributed by atoms with Crippen LogP contribution in [0.4, 0.5) is 11.4 Å². The van der Waals surface area contributed by atoms with Crippen molar-refractivity contribution in [2.24, 2.45) is 0 Å². The molecule has 0 unspecified atom stereocenters. The Bertz CT molecular complexity index is 2160. The van der Waals surface area contributed by atoms with Gasteiger partial charge in [0, 0.05) is 58.8 Å². The van der Waals surface area contributed by atoms with Crippen LogP contribution >= 0.6 is 0 Å². The Morgan fingerprint density at radius 2 is 0.981 bits per heavy atom. The van der Waals surface area contributed by atoms with Crippen LogP contribution in [0.1, 0.15) is 71.2 Å². The highest BCUT2D eigenvalue weighted by Crippen LogP contribution is 2.45. The predicted octanol–water partition coefficient (Wildman–Crippen LogP) is 10.1. The van der Waals surface area contributed by atoms with E-state index in [4.69, 9.17) is 14.2 Å². The molecule has 1 aliphatic carbocycles. The summed E-state index contributed by atoms with van der Waals surface area (Å²) in [5.74, 6) is 2.86. The summed E-state index contributed by atoms with van der Waals surface area (Å²) < 4.78 is 19.1. The zero-order valence-electron chi connectivity index (χ0n) is 31.2. The summed E-state index contributed by atoms with van der Waals surface area (Å²) in [6.45, 7) is 12.9. The third-order valence-electron chi connectivity index (χ3n) is 11.5. The number of hydrogen-bond acceptors (Lipinski definition) is 6. The fraction of sp³-hybridized carbons (Fsp3) is 0.277. The van der Waals surface area contributed by atoms with Gasteiger partial charge in [-0.2, -0.15) is 0 Å². The quantitative estimate of drug-likeness (QED) is 0.164. The van der Waals surface area contributed by atoms with Crippen molar-refractivity contribution in [3.05, 3.63) is 171 Å². The van der Waals surface area contributed by atoms with E-state index in [1.807, 2.05) is 0 Å². The summed E-state index contributed by atoms with van der Waals surface area (Å²) >= 11 is 0. The zero-order valence-corrected chi connectivity index (χ0v) is 31.2. The highest BCUT2D eigenvalue weighted by molar-refractivity contribution is 5.59. The van der Waals surface area contributed by atoms with Gasteiger partial charge in [-0.25, -0.2) is 0 Å². The first-order chi connectivity index (χ1) is 25.8. The van der Waals surface area contributed by atoms with Crippen molar-refractivity contribution >= 4 is 11.4 Å². The Labute approximate surface area is 313 Å². The van der Waals surface area contributed by atoms with E-state index in [9.17, 15) is 0 Å². The second-order valence-electron chi connectivity index (χ2n) is 15.3. The fourth-order valence-corrected chi connectivity index (χ4v) is 8.36. The summed E-state index contributed by atoms with van der Waals surface area (Å²) in [6.07, 6.45) is 6.86. The molecule has 3 heterocycles. The number of anilines is 2. The second kappa shape index (κ2) is 13.4. The Morgan fingerprint density at radius 1 is 0.528 bits per heavy atom. The summed E-state index contributed by atoms with van der Waals surface area (Å²) in [5, 5.41) is 0. The van der Waals surface area contributed by atoms with Crippen LogP contribution in [0.15, 0.2) is 127 Å². The summed E-state index contributed by atoms with van der Waals surface area (Å²) in [7, 11) is 0. The van der Waals surface area contributed by atoms with E-state index in [0.29, 0.717) is 20.2 Å². The lowest BCUT2D eigenvalue weighted by Crippen LogP contribution is -2.34. The fourth-order valence-electron chi connectivity index (χ4n) is 8.36. The van der Waals surface area contributed by atoms with E-state index in [2.05, 4.69) is 158 Å². The highest BCUT2D eigenvalue weighted by atomic mass is 16.5. The van der Waals surface area contributed by atoms with Gasteiger partial charge in [-0.15, -0.1) is 0 Å². The lowest BCUT2D eigenvalue weighted by molar-refractivity contribution is 0.131. The van der Waals surface area contributed by atoms with E-state index in [0.717, 1.165) is 49.7 Å². The molecule has 4 aliphatic rings. The minimum atomic E-state index is -0.487. The maximum Gasteiger partial charge on any atom is 0.161 e. The maximum absolute atomic E-state index is 6.39. The van der Waals surface area contributed by atoms with Crippen LogP contribution in [0, 0.1) is 13.8 Å². The lowest BCUT2D eigenvalue weighted by Gasteiger charge is -2.38. The molecule has 5 aromatic carbocycles. The minimum absolute atomic E-state index is 0.487. The topological polar surface area (TPSA) is 37.4 Å². The van der Waals surface area contributed by atoms with Crippen molar-refractivity contribution in [2.45, 2.75) is 65.6 Å². The lowest BCUT2D eigenvalue weighted by atomic mass is 9.70. The maximum atomic E-state index is 6.39. The smallest absolute Gasteiger partial charge is 0.161 e. The van der Waals surface area contributed by atoms with Crippen LogP contribution in [0.5, 0.6) is 17.2 Å². The van der Waals surface area contributed by atoms with Gasteiger partial charge < -0.3 is 28.9 Å². The van der Waals surface area contributed by atoms with Crippen LogP contribution in [0.25, 0.3) is 0 Å². The van der Waals surface area contributed by atoms with Crippen LogP contribution < -0.4 is 24.0 Å². The van der Waals surface area contributed by atoms with E-state index >= 15 is 0 Å². The Kier molecular flexibility index (Phi) is 8.41. The second-order valence-corrected chi connectivity index (χ2v) is 15.3. The molecule has 0 saturated heterocycles. The van der Waals surface area contributed by atoms with E-state index in [-0.39, 0.29) is 0 Å². The van der Waals surface area contributed by atoms with Gasteiger partial charge in [0.05, 0.1) is 0 Å².